The fourth-order valence-electron chi connectivity index (χ4n) is 3.96. The second-order valence-corrected chi connectivity index (χ2v) is 8.19. The van der Waals surface area contributed by atoms with Gasteiger partial charge in [-0.1, -0.05) is 30.3 Å². The molecule has 4 rings (SSSR count). The Hall–Kier alpha value is -3.41. The number of rotatable bonds is 5. The zero-order chi connectivity index (χ0) is 22.2. The summed E-state index contributed by atoms with van der Waals surface area (Å²) in [4.78, 5) is 26.0. The highest BCUT2D eigenvalue weighted by atomic mass is 16.4. The standard InChI is InChI=1S/C23H24N4O4/c1-26-10-9-23(30,14-26)21(28)25-18(13-24)11-15-3-5-16(6-4-15)17-7-8-20-19(12-17)27(2)22(29)31-20/h3-8,12,18,30H,9-11,14H2,1-2H3,(H,25,28)/t18-,23-/m0/s1. The zero-order valence-electron chi connectivity index (χ0n) is 17.5. The van der Waals surface area contributed by atoms with Gasteiger partial charge in [-0.25, -0.2) is 4.79 Å². The molecule has 1 fully saturated rings. The van der Waals surface area contributed by atoms with Crippen molar-refractivity contribution in [3.05, 3.63) is 58.6 Å². The van der Waals surface area contributed by atoms with Crippen molar-refractivity contribution in [1.82, 2.24) is 14.8 Å². The molecule has 8 nitrogen and oxygen atoms in total. The molecule has 160 valence electrons. The molecule has 31 heavy (non-hydrogen) atoms. The van der Waals surface area contributed by atoms with Crippen LogP contribution in [0.15, 0.2) is 51.7 Å². The van der Waals surface area contributed by atoms with E-state index in [-0.39, 0.29) is 6.54 Å². The highest BCUT2D eigenvalue weighted by Crippen LogP contribution is 2.25. The van der Waals surface area contributed by atoms with Crippen LogP contribution in [0.2, 0.25) is 0 Å². The Labute approximate surface area is 179 Å². The minimum atomic E-state index is -1.44. The van der Waals surface area contributed by atoms with Crippen LogP contribution in [0.25, 0.3) is 22.2 Å². The molecule has 0 spiro atoms. The number of hydrogen-bond donors (Lipinski definition) is 2. The van der Waals surface area contributed by atoms with Crippen molar-refractivity contribution < 1.29 is 14.3 Å². The molecule has 0 unspecified atom stereocenters. The highest BCUT2D eigenvalue weighted by molar-refractivity contribution is 5.86. The van der Waals surface area contributed by atoms with Crippen LogP contribution >= 0.6 is 0 Å². The molecule has 2 aromatic carbocycles. The topological polar surface area (TPSA) is 112 Å². The molecule has 2 atom stereocenters. The third-order valence-electron chi connectivity index (χ3n) is 5.84. The molecule has 1 aromatic heterocycles. The molecule has 3 aromatic rings. The number of likely N-dealkylation sites (N-methyl/N-ethyl adjacent to an activating group) is 1. The quantitative estimate of drug-likeness (QED) is 0.646. The number of amides is 1. The van der Waals surface area contributed by atoms with Gasteiger partial charge in [-0.3, -0.25) is 9.36 Å². The van der Waals surface area contributed by atoms with Gasteiger partial charge in [0.15, 0.2) is 11.2 Å². The Morgan fingerprint density at radius 1 is 1.26 bits per heavy atom. The Balaban J connectivity index is 1.46. The van der Waals surface area contributed by atoms with Crippen LogP contribution in [0.4, 0.5) is 0 Å². The highest BCUT2D eigenvalue weighted by Gasteiger charge is 2.42. The van der Waals surface area contributed by atoms with Gasteiger partial charge in [0.05, 0.1) is 11.6 Å². The number of nitriles is 1. The summed E-state index contributed by atoms with van der Waals surface area (Å²) in [6.45, 7) is 0.902. The summed E-state index contributed by atoms with van der Waals surface area (Å²) < 4.78 is 6.63. The lowest BCUT2D eigenvalue weighted by Gasteiger charge is -2.23. The van der Waals surface area contributed by atoms with E-state index < -0.39 is 23.3 Å². The van der Waals surface area contributed by atoms with Crippen LogP contribution in [0, 0.1) is 11.3 Å². The van der Waals surface area contributed by atoms with Crippen molar-refractivity contribution in [2.75, 3.05) is 20.1 Å². The molecule has 2 N–H and O–H groups in total. The maximum absolute atomic E-state index is 12.5. The molecule has 1 aliphatic heterocycles. The Morgan fingerprint density at radius 3 is 2.61 bits per heavy atom. The number of likely N-dealkylation sites (tertiary alicyclic amines) is 1. The first-order valence-corrected chi connectivity index (χ1v) is 10.1. The van der Waals surface area contributed by atoms with Crippen LogP contribution in [-0.4, -0.2) is 52.3 Å². The second-order valence-electron chi connectivity index (χ2n) is 8.19. The predicted molar refractivity (Wildman–Crippen MR) is 115 cm³/mol. The number of benzene rings is 2. The van der Waals surface area contributed by atoms with Gasteiger partial charge < -0.3 is 19.7 Å². The van der Waals surface area contributed by atoms with Crippen molar-refractivity contribution >= 4 is 17.0 Å². The number of carbonyl (C=O) groups excluding carboxylic acids is 1. The van der Waals surface area contributed by atoms with E-state index in [1.165, 1.54) is 4.57 Å². The van der Waals surface area contributed by atoms with Gasteiger partial charge in [0.1, 0.15) is 6.04 Å². The molecular formula is C23H24N4O4. The lowest BCUT2D eigenvalue weighted by molar-refractivity contribution is -0.138. The maximum atomic E-state index is 12.5. The lowest BCUT2D eigenvalue weighted by atomic mass is 9.99. The van der Waals surface area contributed by atoms with Gasteiger partial charge in [0.2, 0.25) is 0 Å². The van der Waals surface area contributed by atoms with Gasteiger partial charge in [-0.15, -0.1) is 0 Å². The number of hydrogen-bond acceptors (Lipinski definition) is 6. The summed E-state index contributed by atoms with van der Waals surface area (Å²) in [5, 5.41) is 22.7. The van der Waals surface area contributed by atoms with Crippen molar-refractivity contribution in [2.45, 2.75) is 24.5 Å². The molecule has 1 saturated heterocycles. The van der Waals surface area contributed by atoms with Gasteiger partial charge >= 0.3 is 5.76 Å². The maximum Gasteiger partial charge on any atom is 0.419 e. The average molecular weight is 420 g/mol. The van der Waals surface area contributed by atoms with Crippen LogP contribution in [0.5, 0.6) is 0 Å². The monoisotopic (exact) mass is 420 g/mol. The van der Waals surface area contributed by atoms with Crippen molar-refractivity contribution in [3.8, 4) is 17.2 Å². The number of oxazole rings is 1. The van der Waals surface area contributed by atoms with E-state index in [1.807, 2.05) is 48.3 Å². The number of nitrogens with one attached hydrogen (secondary N) is 1. The van der Waals surface area contributed by atoms with E-state index >= 15 is 0 Å². The Kier molecular flexibility index (Phi) is 5.39. The van der Waals surface area contributed by atoms with E-state index in [4.69, 9.17) is 4.42 Å². The van der Waals surface area contributed by atoms with Crippen LogP contribution in [0.1, 0.15) is 12.0 Å². The minimum absolute atomic E-state index is 0.262. The molecule has 0 aliphatic carbocycles. The van der Waals surface area contributed by atoms with Gasteiger partial charge in [-0.05, 0) is 42.3 Å². The Morgan fingerprint density at radius 2 is 1.97 bits per heavy atom. The zero-order valence-corrected chi connectivity index (χ0v) is 17.5. The third kappa shape index (κ3) is 4.10. The molecule has 1 aliphatic rings. The van der Waals surface area contributed by atoms with Crippen LogP contribution in [-0.2, 0) is 18.3 Å². The lowest BCUT2D eigenvalue weighted by Crippen LogP contribution is -2.51. The first kappa shape index (κ1) is 20.8. The molecule has 0 saturated carbocycles. The van der Waals surface area contributed by atoms with Gasteiger partial charge in [0.25, 0.3) is 5.91 Å². The molecular weight excluding hydrogens is 396 g/mol. The molecule has 8 heteroatoms. The predicted octanol–water partition coefficient (Wildman–Crippen LogP) is 1.42. The van der Waals surface area contributed by atoms with Crippen LogP contribution in [0.3, 0.4) is 0 Å². The second kappa shape index (κ2) is 8.02. The van der Waals surface area contributed by atoms with Crippen molar-refractivity contribution in [3.63, 3.8) is 0 Å². The number of carbonyl (C=O) groups is 1. The first-order chi connectivity index (χ1) is 14.8. The van der Waals surface area contributed by atoms with Crippen LogP contribution < -0.4 is 11.1 Å². The number of aliphatic hydroxyl groups is 1. The fourth-order valence-corrected chi connectivity index (χ4v) is 3.96. The molecule has 0 bridgehead atoms. The smallest absolute Gasteiger partial charge is 0.408 e. The average Bonchev–Trinajstić information content (AvgIpc) is 3.26. The Bertz CT molecular complexity index is 1220. The summed E-state index contributed by atoms with van der Waals surface area (Å²) in [6.07, 6.45) is 0.693. The largest absolute Gasteiger partial charge is 0.419 e. The van der Waals surface area contributed by atoms with E-state index in [0.717, 1.165) is 16.7 Å². The number of nitrogens with zero attached hydrogens (tertiary/aromatic N) is 3. The third-order valence-corrected chi connectivity index (χ3v) is 5.84. The minimum Gasteiger partial charge on any atom is -0.408 e. The number of β-amino-alcohol motifs (C(OH)–C–C–N with tert-alkyl or cyclic N) is 1. The van der Waals surface area contributed by atoms with E-state index in [1.54, 1.807) is 13.1 Å². The van der Waals surface area contributed by atoms with Gasteiger partial charge in [-0.2, -0.15) is 5.26 Å². The number of aromatic nitrogens is 1. The first-order valence-electron chi connectivity index (χ1n) is 10.1. The summed E-state index contributed by atoms with van der Waals surface area (Å²) >= 11 is 0. The summed E-state index contributed by atoms with van der Waals surface area (Å²) in [7, 11) is 3.51. The van der Waals surface area contributed by atoms with E-state index in [9.17, 15) is 20.0 Å². The SMILES string of the molecule is CN1CC[C@@](O)(C(=O)N[C@H](C#N)Cc2ccc(-c3ccc4oc(=O)n(C)c4c3)cc2)C1. The summed E-state index contributed by atoms with van der Waals surface area (Å²) in [6, 6.07) is 14.6. The summed E-state index contributed by atoms with van der Waals surface area (Å²) in [5.74, 6) is -0.903. The number of aryl methyl sites for hydroxylation is 1. The summed E-state index contributed by atoms with van der Waals surface area (Å²) in [5.41, 5.74) is 2.60. The molecule has 0 radical (unpaired) electrons. The van der Waals surface area contributed by atoms with E-state index in [0.29, 0.717) is 30.5 Å². The number of fused-ring (bicyclic) bond motifs is 1. The van der Waals surface area contributed by atoms with Crippen molar-refractivity contribution in [2.24, 2.45) is 7.05 Å². The van der Waals surface area contributed by atoms with E-state index in [2.05, 4.69) is 11.4 Å². The normalized spacial score (nSPS) is 19.9. The molecule has 2 heterocycles. The van der Waals surface area contributed by atoms with Crippen molar-refractivity contribution in [1.29, 1.82) is 5.26 Å². The fraction of sp³-hybridized carbons (Fsp3) is 0.348. The molecule has 1 amide bonds. The van der Waals surface area contributed by atoms with Gasteiger partial charge in [0, 0.05) is 26.6 Å².